The summed E-state index contributed by atoms with van der Waals surface area (Å²) in [5.74, 6) is 2.12. The van der Waals surface area contributed by atoms with Crippen molar-refractivity contribution in [1.82, 2.24) is 9.97 Å². The molecule has 2 N–H and O–H groups in total. The molecule has 0 amide bonds. The Morgan fingerprint density at radius 2 is 2.00 bits per heavy atom. The first-order valence-electron chi connectivity index (χ1n) is 5.05. The van der Waals surface area contributed by atoms with Crippen LogP contribution < -0.4 is 5.73 Å². The van der Waals surface area contributed by atoms with Gasteiger partial charge in [-0.1, -0.05) is 19.3 Å². The van der Waals surface area contributed by atoms with E-state index in [1.54, 1.807) is 0 Å². The summed E-state index contributed by atoms with van der Waals surface area (Å²) in [6.45, 7) is 0. The highest BCUT2D eigenvalue weighted by atomic mass is 127. The van der Waals surface area contributed by atoms with Gasteiger partial charge in [-0.3, -0.25) is 0 Å². The Labute approximate surface area is 97.7 Å². The first kappa shape index (κ1) is 10.1. The minimum Gasteiger partial charge on any atom is -0.383 e. The number of anilines is 1. The standard InChI is InChI=1S/C10H14IN3/c11-8-6-13-10(14-9(8)12)7-4-2-1-3-5-7/h6-7H,1-5H2,(H2,12,13,14). The average Bonchev–Trinajstić information content (AvgIpc) is 2.23. The van der Waals surface area contributed by atoms with Crippen LogP contribution in [0.5, 0.6) is 0 Å². The highest BCUT2D eigenvalue weighted by molar-refractivity contribution is 14.1. The number of hydrogen-bond donors (Lipinski definition) is 1. The summed E-state index contributed by atoms with van der Waals surface area (Å²) < 4.78 is 0.946. The van der Waals surface area contributed by atoms with Crippen LogP contribution in [0.15, 0.2) is 6.20 Å². The molecule has 1 heterocycles. The van der Waals surface area contributed by atoms with E-state index in [0.717, 1.165) is 9.39 Å². The number of halogens is 1. The molecular formula is C10H14IN3. The second-order valence-corrected chi connectivity index (χ2v) is 4.96. The maximum absolute atomic E-state index is 5.77. The van der Waals surface area contributed by atoms with Crippen molar-refractivity contribution in [2.75, 3.05) is 5.73 Å². The molecule has 0 spiro atoms. The summed E-state index contributed by atoms with van der Waals surface area (Å²) in [7, 11) is 0. The van der Waals surface area contributed by atoms with Crippen molar-refractivity contribution in [2.45, 2.75) is 38.0 Å². The van der Waals surface area contributed by atoms with Gasteiger partial charge in [0, 0.05) is 12.1 Å². The SMILES string of the molecule is Nc1nc(C2CCCCC2)ncc1I. The van der Waals surface area contributed by atoms with Crippen LogP contribution in [0.25, 0.3) is 0 Å². The van der Waals surface area contributed by atoms with Gasteiger partial charge in [-0.05, 0) is 35.4 Å². The summed E-state index contributed by atoms with van der Waals surface area (Å²) in [4.78, 5) is 8.72. The van der Waals surface area contributed by atoms with Gasteiger partial charge in [0.25, 0.3) is 0 Å². The smallest absolute Gasteiger partial charge is 0.140 e. The van der Waals surface area contributed by atoms with Crippen LogP contribution in [0.3, 0.4) is 0 Å². The van der Waals surface area contributed by atoms with Gasteiger partial charge in [0.15, 0.2) is 0 Å². The summed E-state index contributed by atoms with van der Waals surface area (Å²) in [5, 5.41) is 0. The predicted molar refractivity (Wildman–Crippen MR) is 65.0 cm³/mol. The molecule has 1 aliphatic carbocycles. The Kier molecular flexibility index (Phi) is 3.20. The van der Waals surface area contributed by atoms with E-state index in [-0.39, 0.29) is 0 Å². The van der Waals surface area contributed by atoms with Gasteiger partial charge in [-0.25, -0.2) is 9.97 Å². The van der Waals surface area contributed by atoms with Gasteiger partial charge in [-0.2, -0.15) is 0 Å². The number of nitrogens with zero attached hydrogens (tertiary/aromatic N) is 2. The number of rotatable bonds is 1. The van der Waals surface area contributed by atoms with Crippen molar-refractivity contribution < 1.29 is 0 Å². The minimum absolute atomic E-state index is 0.544. The van der Waals surface area contributed by atoms with E-state index in [1.165, 1.54) is 32.1 Å². The largest absolute Gasteiger partial charge is 0.383 e. The Morgan fingerprint density at radius 3 is 2.64 bits per heavy atom. The molecular weight excluding hydrogens is 289 g/mol. The zero-order chi connectivity index (χ0) is 9.97. The van der Waals surface area contributed by atoms with E-state index >= 15 is 0 Å². The fraction of sp³-hybridized carbons (Fsp3) is 0.600. The highest BCUT2D eigenvalue weighted by Gasteiger charge is 2.18. The monoisotopic (exact) mass is 303 g/mol. The van der Waals surface area contributed by atoms with Crippen molar-refractivity contribution in [3.63, 3.8) is 0 Å². The fourth-order valence-electron chi connectivity index (χ4n) is 1.95. The second kappa shape index (κ2) is 4.42. The molecule has 14 heavy (non-hydrogen) atoms. The van der Waals surface area contributed by atoms with Gasteiger partial charge in [0.1, 0.15) is 11.6 Å². The van der Waals surface area contributed by atoms with Crippen molar-refractivity contribution in [1.29, 1.82) is 0 Å². The molecule has 1 fully saturated rings. The van der Waals surface area contributed by atoms with Crippen LogP contribution in [-0.4, -0.2) is 9.97 Å². The molecule has 0 saturated heterocycles. The van der Waals surface area contributed by atoms with Crippen LogP contribution >= 0.6 is 22.6 Å². The maximum atomic E-state index is 5.77. The molecule has 3 nitrogen and oxygen atoms in total. The van der Waals surface area contributed by atoms with Crippen molar-refractivity contribution >= 4 is 28.4 Å². The zero-order valence-corrected chi connectivity index (χ0v) is 10.2. The lowest BCUT2D eigenvalue weighted by molar-refractivity contribution is 0.429. The van der Waals surface area contributed by atoms with Gasteiger partial charge in [-0.15, -0.1) is 0 Å². The molecule has 0 aliphatic heterocycles. The third-order valence-electron chi connectivity index (χ3n) is 2.76. The molecule has 0 aromatic carbocycles. The molecule has 1 saturated carbocycles. The first-order chi connectivity index (χ1) is 6.77. The number of nitrogen functional groups attached to an aromatic ring is 1. The van der Waals surface area contributed by atoms with Crippen LogP contribution in [0.1, 0.15) is 43.8 Å². The second-order valence-electron chi connectivity index (χ2n) is 3.80. The first-order valence-corrected chi connectivity index (χ1v) is 6.13. The lowest BCUT2D eigenvalue weighted by atomic mass is 9.89. The average molecular weight is 303 g/mol. The lowest BCUT2D eigenvalue weighted by Gasteiger charge is -2.20. The molecule has 0 unspecified atom stereocenters. The molecule has 4 heteroatoms. The van der Waals surface area contributed by atoms with Gasteiger partial charge in [0.05, 0.1) is 3.57 Å². The lowest BCUT2D eigenvalue weighted by Crippen LogP contribution is -2.10. The van der Waals surface area contributed by atoms with Gasteiger partial charge >= 0.3 is 0 Å². The van der Waals surface area contributed by atoms with Crippen LogP contribution in [-0.2, 0) is 0 Å². The van der Waals surface area contributed by atoms with Crippen LogP contribution in [0, 0.1) is 3.57 Å². The topological polar surface area (TPSA) is 51.8 Å². The Morgan fingerprint density at radius 1 is 1.29 bits per heavy atom. The molecule has 1 aliphatic rings. The van der Waals surface area contributed by atoms with Crippen molar-refractivity contribution in [2.24, 2.45) is 0 Å². The third kappa shape index (κ3) is 2.16. The van der Waals surface area contributed by atoms with Crippen molar-refractivity contribution in [3.8, 4) is 0 Å². The molecule has 1 aromatic rings. The highest BCUT2D eigenvalue weighted by Crippen LogP contribution is 2.31. The molecule has 0 atom stereocenters. The Hall–Kier alpha value is -0.390. The fourth-order valence-corrected chi connectivity index (χ4v) is 2.21. The summed E-state index contributed by atoms with van der Waals surface area (Å²) >= 11 is 2.16. The summed E-state index contributed by atoms with van der Waals surface area (Å²) in [5.41, 5.74) is 5.77. The maximum Gasteiger partial charge on any atom is 0.140 e. The normalized spacial score (nSPS) is 18.4. The van der Waals surface area contributed by atoms with Crippen molar-refractivity contribution in [3.05, 3.63) is 15.6 Å². The van der Waals surface area contributed by atoms with E-state index in [0.29, 0.717) is 11.7 Å². The predicted octanol–water partition coefficient (Wildman–Crippen LogP) is 2.71. The minimum atomic E-state index is 0.544. The van der Waals surface area contributed by atoms with E-state index in [1.807, 2.05) is 6.20 Å². The Balaban J connectivity index is 2.18. The van der Waals surface area contributed by atoms with Gasteiger partial charge < -0.3 is 5.73 Å². The van der Waals surface area contributed by atoms with E-state index < -0.39 is 0 Å². The third-order valence-corrected chi connectivity index (χ3v) is 3.59. The van der Waals surface area contributed by atoms with E-state index in [4.69, 9.17) is 5.73 Å². The zero-order valence-electron chi connectivity index (χ0n) is 8.04. The number of hydrogen-bond acceptors (Lipinski definition) is 3. The quantitative estimate of drug-likeness (QED) is 0.812. The van der Waals surface area contributed by atoms with E-state index in [2.05, 4.69) is 32.6 Å². The molecule has 76 valence electrons. The summed E-state index contributed by atoms with van der Waals surface area (Å²) in [6.07, 6.45) is 8.24. The number of aromatic nitrogens is 2. The van der Waals surface area contributed by atoms with Crippen LogP contribution in [0.2, 0.25) is 0 Å². The Bertz CT molecular complexity index is 321. The van der Waals surface area contributed by atoms with Gasteiger partial charge in [0.2, 0.25) is 0 Å². The van der Waals surface area contributed by atoms with Crippen LogP contribution in [0.4, 0.5) is 5.82 Å². The summed E-state index contributed by atoms with van der Waals surface area (Å²) in [6, 6.07) is 0. The molecule has 0 radical (unpaired) electrons. The molecule has 0 bridgehead atoms. The molecule has 1 aromatic heterocycles. The number of nitrogens with two attached hydrogens (primary N) is 1. The molecule has 2 rings (SSSR count). The van der Waals surface area contributed by atoms with E-state index in [9.17, 15) is 0 Å².